The van der Waals surface area contributed by atoms with E-state index in [4.69, 9.17) is 16.3 Å². The molecule has 0 bridgehead atoms. The second-order valence-corrected chi connectivity index (χ2v) is 5.43. The standard InChI is InChI=1S/C14H22ClNO/c1-12(15)14(2,3)16-10-7-11-17-13-8-5-4-6-9-13/h4-6,8-9,12,16H,7,10-11H2,1-3H3. The Labute approximate surface area is 109 Å². The monoisotopic (exact) mass is 255 g/mol. The van der Waals surface area contributed by atoms with Crippen molar-refractivity contribution >= 4 is 11.6 Å². The summed E-state index contributed by atoms with van der Waals surface area (Å²) in [5.74, 6) is 0.928. The average molecular weight is 256 g/mol. The fourth-order valence-electron chi connectivity index (χ4n) is 1.33. The lowest BCUT2D eigenvalue weighted by molar-refractivity contribution is 0.293. The van der Waals surface area contributed by atoms with Crippen LogP contribution in [0.3, 0.4) is 0 Å². The zero-order valence-electron chi connectivity index (χ0n) is 10.9. The van der Waals surface area contributed by atoms with Crippen LogP contribution in [0.15, 0.2) is 30.3 Å². The van der Waals surface area contributed by atoms with E-state index in [-0.39, 0.29) is 10.9 Å². The Morgan fingerprint density at radius 2 is 1.94 bits per heavy atom. The van der Waals surface area contributed by atoms with E-state index in [1.54, 1.807) is 0 Å². The molecule has 1 rings (SSSR count). The second-order valence-electron chi connectivity index (χ2n) is 4.78. The van der Waals surface area contributed by atoms with Crippen LogP contribution < -0.4 is 10.1 Å². The first kappa shape index (κ1) is 14.3. The number of para-hydroxylation sites is 1. The summed E-state index contributed by atoms with van der Waals surface area (Å²) in [6.07, 6.45) is 0.974. The summed E-state index contributed by atoms with van der Waals surface area (Å²) in [6.45, 7) is 7.88. The van der Waals surface area contributed by atoms with Gasteiger partial charge in [-0.2, -0.15) is 0 Å². The molecule has 96 valence electrons. The predicted molar refractivity (Wildman–Crippen MR) is 74.0 cm³/mol. The first-order valence-corrected chi connectivity index (χ1v) is 6.53. The maximum atomic E-state index is 6.08. The van der Waals surface area contributed by atoms with E-state index in [2.05, 4.69) is 19.2 Å². The second kappa shape index (κ2) is 6.87. The van der Waals surface area contributed by atoms with Crippen molar-refractivity contribution in [3.05, 3.63) is 30.3 Å². The van der Waals surface area contributed by atoms with Crippen LogP contribution in [0.5, 0.6) is 5.75 Å². The third-order valence-electron chi connectivity index (χ3n) is 2.91. The number of ether oxygens (including phenoxy) is 1. The molecule has 2 nitrogen and oxygen atoms in total. The fourth-order valence-corrected chi connectivity index (χ4v) is 1.41. The lowest BCUT2D eigenvalue weighted by atomic mass is 10.0. The van der Waals surface area contributed by atoms with Crippen LogP contribution >= 0.6 is 11.6 Å². The van der Waals surface area contributed by atoms with Gasteiger partial charge in [-0.3, -0.25) is 0 Å². The molecule has 0 fully saturated rings. The smallest absolute Gasteiger partial charge is 0.119 e. The van der Waals surface area contributed by atoms with Crippen molar-refractivity contribution < 1.29 is 4.74 Å². The summed E-state index contributed by atoms with van der Waals surface area (Å²) >= 11 is 6.08. The SMILES string of the molecule is CC(Cl)C(C)(C)NCCCOc1ccccc1. The number of halogens is 1. The zero-order valence-corrected chi connectivity index (χ0v) is 11.6. The fraction of sp³-hybridized carbons (Fsp3) is 0.571. The predicted octanol–water partition coefficient (Wildman–Crippen LogP) is 3.45. The van der Waals surface area contributed by atoms with Gasteiger partial charge in [0.25, 0.3) is 0 Å². The van der Waals surface area contributed by atoms with E-state index >= 15 is 0 Å². The molecule has 17 heavy (non-hydrogen) atoms. The van der Waals surface area contributed by atoms with Crippen LogP contribution in [0.2, 0.25) is 0 Å². The van der Waals surface area contributed by atoms with Gasteiger partial charge in [0.05, 0.1) is 6.61 Å². The molecule has 0 amide bonds. The van der Waals surface area contributed by atoms with Crippen molar-refractivity contribution in [2.75, 3.05) is 13.2 Å². The maximum Gasteiger partial charge on any atom is 0.119 e. The van der Waals surface area contributed by atoms with Crippen LogP contribution in [0, 0.1) is 0 Å². The summed E-state index contributed by atoms with van der Waals surface area (Å²) in [7, 11) is 0. The summed E-state index contributed by atoms with van der Waals surface area (Å²) in [4.78, 5) is 0. The van der Waals surface area contributed by atoms with Crippen molar-refractivity contribution in [3.63, 3.8) is 0 Å². The molecule has 1 aromatic rings. The third-order valence-corrected chi connectivity index (χ3v) is 3.45. The number of nitrogens with one attached hydrogen (secondary N) is 1. The summed E-state index contributed by atoms with van der Waals surface area (Å²) in [5.41, 5.74) is -0.0334. The highest BCUT2D eigenvalue weighted by atomic mass is 35.5. The van der Waals surface area contributed by atoms with E-state index in [9.17, 15) is 0 Å². The minimum atomic E-state index is -0.0334. The third kappa shape index (κ3) is 5.42. The van der Waals surface area contributed by atoms with Crippen molar-refractivity contribution in [1.82, 2.24) is 5.32 Å². The largest absolute Gasteiger partial charge is 0.494 e. The molecular weight excluding hydrogens is 234 g/mol. The highest BCUT2D eigenvalue weighted by Gasteiger charge is 2.22. The molecule has 1 aromatic carbocycles. The lowest BCUT2D eigenvalue weighted by Crippen LogP contribution is -2.46. The Balaban J connectivity index is 2.13. The van der Waals surface area contributed by atoms with Gasteiger partial charge in [0, 0.05) is 10.9 Å². The molecule has 0 heterocycles. The molecule has 0 aliphatic carbocycles. The quantitative estimate of drug-likeness (QED) is 0.595. The molecule has 1 unspecified atom stereocenters. The highest BCUT2D eigenvalue weighted by molar-refractivity contribution is 6.21. The Kier molecular flexibility index (Phi) is 5.79. The maximum absolute atomic E-state index is 6.08. The van der Waals surface area contributed by atoms with Gasteiger partial charge in [-0.15, -0.1) is 11.6 Å². The number of alkyl halides is 1. The number of hydrogen-bond acceptors (Lipinski definition) is 2. The van der Waals surface area contributed by atoms with Crippen LogP contribution in [0.25, 0.3) is 0 Å². The number of rotatable bonds is 7. The van der Waals surface area contributed by atoms with Crippen LogP contribution in [-0.4, -0.2) is 24.1 Å². The molecule has 0 aliphatic heterocycles. The average Bonchev–Trinajstić information content (AvgIpc) is 2.29. The molecule has 0 spiro atoms. The van der Waals surface area contributed by atoms with E-state index in [0.717, 1.165) is 25.3 Å². The molecule has 0 aliphatic rings. The van der Waals surface area contributed by atoms with E-state index in [0.29, 0.717) is 0 Å². The van der Waals surface area contributed by atoms with Crippen LogP contribution in [-0.2, 0) is 0 Å². The van der Waals surface area contributed by atoms with Gasteiger partial charge in [0.2, 0.25) is 0 Å². The molecule has 1 atom stereocenters. The van der Waals surface area contributed by atoms with Crippen molar-refractivity contribution in [1.29, 1.82) is 0 Å². The van der Waals surface area contributed by atoms with Gasteiger partial charge in [-0.05, 0) is 45.9 Å². The Morgan fingerprint density at radius 1 is 1.29 bits per heavy atom. The Bertz CT molecular complexity index is 311. The van der Waals surface area contributed by atoms with Gasteiger partial charge in [-0.25, -0.2) is 0 Å². The summed E-state index contributed by atoms with van der Waals surface area (Å²) in [6, 6.07) is 9.88. The Hall–Kier alpha value is -0.730. The molecule has 0 saturated carbocycles. The van der Waals surface area contributed by atoms with Crippen molar-refractivity contribution in [3.8, 4) is 5.75 Å². The molecule has 0 saturated heterocycles. The van der Waals surface area contributed by atoms with Crippen molar-refractivity contribution in [2.24, 2.45) is 0 Å². The number of hydrogen-bond donors (Lipinski definition) is 1. The summed E-state index contributed by atoms with van der Waals surface area (Å²) < 4.78 is 5.61. The van der Waals surface area contributed by atoms with E-state index in [1.807, 2.05) is 37.3 Å². The van der Waals surface area contributed by atoms with Gasteiger partial charge < -0.3 is 10.1 Å². The highest BCUT2D eigenvalue weighted by Crippen LogP contribution is 2.14. The first-order valence-electron chi connectivity index (χ1n) is 6.09. The molecule has 0 radical (unpaired) electrons. The zero-order chi connectivity index (χ0) is 12.7. The van der Waals surface area contributed by atoms with Gasteiger partial charge >= 0.3 is 0 Å². The molecule has 0 aromatic heterocycles. The summed E-state index contributed by atoms with van der Waals surface area (Å²) in [5, 5.41) is 3.54. The van der Waals surface area contributed by atoms with E-state index < -0.39 is 0 Å². The van der Waals surface area contributed by atoms with Gasteiger partial charge in [-0.1, -0.05) is 18.2 Å². The minimum Gasteiger partial charge on any atom is -0.494 e. The lowest BCUT2D eigenvalue weighted by Gasteiger charge is -2.29. The molecule has 1 N–H and O–H groups in total. The van der Waals surface area contributed by atoms with Crippen molar-refractivity contribution in [2.45, 2.75) is 38.1 Å². The normalized spacial score (nSPS) is 13.4. The van der Waals surface area contributed by atoms with Crippen LogP contribution in [0.1, 0.15) is 27.2 Å². The minimum absolute atomic E-state index is 0.0334. The topological polar surface area (TPSA) is 21.3 Å². The Morgan fingerprint density at radius 3 is 2.53 bits per heavy atom. The van der Waals surface area contributed by atoms with Gasteiger partial charge in [0.15, 0.2) is 0 Å². The van der Waals surface area contributed by atoms with E-state index in [1.165, 1.54) is 0 Å². The number of benzene rings is 1. The van der Waals surface area contributed by atoms with Crippen LogP contribution in [0.4, 0.5) is 0 Å². The molecule has 3 heteroatoms. The van der Waals surface area contributed by atoms with Gasteiger partial charge in [0.1, 0.15) is 5.75 Å². The molecular formula is C14H22ClNO. The first-order chi connectivity index (χ1) is 8.02.